The molecule has 0 saturated heterocycles. The van der Waals surface area contributed by atoms with Crippen LogP contribution in [0, 0.1) is 0 Å². The predicted molar refractivity (Wildman–Crippen MR) is 97.3 cm³/mol. The summed E-state index contributed by atoms with van der Waals surface area (Å²) in [6.45, 7) is 3.50. The molecule has 138 valence electrons. The van der Waals surface area contributed by atoms with E-state index in [1.54, 1.807) is 6.20 Å². The fourth-order valence-corrected chi connectivity index (χ4v) is 4.07. The van der Waals surface area contributed by atoms with Crippen LogP contribution >= 0.6 is 0 Å². The van der Waals surface area contributed by atoms with E-state index in [1.165, 1.54) is 50.2 Å². The topological polar surface area (TPSA) is 75.9 Å². The van der Waals surface area contributed by atoms with E-state index < -0.39 is 0 Å². The third kappa shape index (κ3) is 3.93. The van der Waals surface area contributed by atoms with Gasteiger partial charge in [0.15, 0.2) is 0 Å². The fourth-order valence-electron chi connectivity index (χ4n) is 4.07. The Morgan fingerprint density at radius 3 is 2.85 bits per heavy atom. The van der Waals surface area contributed by atoms with Gasteiger partial charge in [-0.25, -0.2) is 4.98 Å². The molecule has 0 bridgehead atoms. The Labute approximate surface area is 153 Å². The summed E-state index contributed by atoms with van der Waals surface area (Å²) in [7, 11) is 0. The summed E-state index contributed by atoms with van der Waals surface area (Å²) < 4.78 is 2.12. The second-order valence-electron chi connectivity index (χ2n) is 7.24. The summed E-state index contributed by atoms with van der Waals surface area (Å²) in [5.74, 6) is -0.217. The van der Waals surface area contributed by atoms with Crippen molar-refractivity contribution in [1.29, 1.82) is 0 Å². The number of hydrogen-bond acceptors (Lipinski definition) is 5. The maximum atomic E-state index is 12.1. The van der Waals surface area contributed by atoms with Gasteiger partial charge in [-0.1, -0.05) is 19.3 Å². The summed E-state index contributed by atoms with van der Waals surface area (Å²) in [6.07, 6.45) is 12.5. The van der Waals surface area contributed by atoms with Crippen molar-refractivity contribution < 1.29 is 4.79 Å². The Bertz CT molecular complexity index is 738. The molecule has 1 aliphatic heterocycles. The van der Waals surface area contributed by atoms with E-state index in [2.05, 4.69) is 30.9 Å². The lowest BCUT2D eigenvalue weighted by Gasteiger charge is -2.33. The molecule has 0 aromatic carbocycles. The first-order valence-electron chi connectivity index (χ1n) is 9.63. The molecule has 4 rings (SSSR count). The lowest BCUT2D eigenvalue weighted by Crippen LogP contribution is -2.36. The van der Waals surface area contributed by atoms with Gasteiger partial charge in [0.1, 0.15) is 5.69 Å². The second kappa shape index (κ2) is 7.95. The lowest BCUT2D eigenvalue weighted by atomic mass is 9.94. The van der Waals surface area contributed by atoms with E-state index in [0.29, 0.717) is 12.2 Å². The number of aromatic nitrogens is 4. The van der Waals surface area contributed by atoms with Crippen LogP contribution in [-0.4, -0.2) is 43.1 Å². The fraction of sp³-hybridized carbons (Fsp3) is 0.579. The number of nitrogens with one attached hydrogen (secondary N) is 1. The van der Waals surface area contributed by atoms with E-state index in [4.69, 9.17) is 5.10 Å². The van der Waals surface area contributed by atoms with Crippen molar-refractivity contribution in [2.45, 2.75) is 64.2 Å². The first-order valence-corrected chi connectivity index (χ1v) is 9.63. The minimum atomic E-state index is -0.217. The van der Waals surface area contributed by atoms with E-state index >= 15 is 0 Å². The average molecular weight is 354 g/mol. The standard InChI is InChI=1S/C19H26N6O/c26-19(18-13-20-7-8-21-18)22-12-15-11-17-14-24(9-4-10-25(17)23-15)16-5-2-1-3-6-16/h7-8,11,13,16H,1-6,9-10,12,14H2,(H,22,26). The van der Waals surface area contributed by atoms with Gasteiger partial charge < -0.3 is 5.32 Å². The molecule has 7 heteroatoms. The van der Waals surface area contributed by atoms with Crippen LogP contribution < -0.4 is 5.32 Å². The maximum absolute atomic E-state index is 12.1. The Balaban J connectivity index is 1.39. The molecule has 2 aliphatic rings. The molecule has 0 radical (unpaired) electrons. The summed E-state index contributed by atoms with van der Waals surface area (Å²) in [5, 5.41) is 7.58. The maximum Gasteiger partial charge on any atom is 0.271 e. The van der Waals surface area contributed by atoms with Crippen molar-refractivity contribution in [3.05, 3.63) is 41.7 Å². The normalized spacial score (nSPS) is 18.9. The molecule has 1 aliphatic carbocycles. The number of hydrogen-bond donors (Lipinski definition) is 1. The minimum absolute atomic E-state index is 0.217. The van der Waals surface area contributed by atoms with Crippen molar-refractivity contribution in [1.82, 2.24) is 30.0 Å². The predicted octanol–water partition coefficient (Wildman–Crippen LogP) is 2.14. The van der Waals surface area contributed by atoms with Gasteiger partial charge in [-0.15, -0.1) is 0 Å². The van der Waals surface area contributed by atoms with Gasteiger partial charge in [-0.05, 0) is 25.3 Å². The van der Waals surface area contributed by atoms with Crippen molar-refractivity contribution in [3.8, 4) is 0 Å². The van der Waals surface area contributed by atoms with E-state index in [-0.39, 0.29) is 5.91 Å². The Hall–Kier alpha value is -2.28. The Kier molecular flexibility index (Phi) is 5.24. The van der Waals surface area contributed by atoms with Crippen LogP contribution in [-0.2, 0) is 19.6 Å². The van der Waals surface area contributed by atoms with Gasteiger partial charge in [0.05, 0.1) is 24.1 Å². The molecule has 0 atom stereocenters. The van der Waals surface area contributed by atoms with Gasteiger partial charge in [0.2, 0.25) is 0 Å². The summed E-state index contributed by atoms with van der Waals surface area (Å²) >= 11 is 0. The van der Waals surface area contributed by atoms with E-state index in [0.717, 1.165) is 37.8 Å². The zero-order valence-corrected chi connectivity index (χ0v) is 15.1. The van der Waals surface area contributed by atoms with Gasteiger partial charge in [-0.2, -0.15) is 5.10 Å². The van der Waals surface area contributed by atoms with Crippen LogP contribution in [0.25, 0.3) is 0 Å². The first kappa shape index (κ1) is 17.1. The number of fused-ring (bicyclic) bond motifs is 1. The number of aryl methyl sites for hydroxylation is 1. The van der Waals surface area contributed by atoms with Gasteiger partial charge in [-0.3, -0.25) is 19.4 Å². The number of nitrogens with zero attached hydrogens (tertiary/aromatic N) is 5. The van der Waals surface area contributed by atoms with Crippen LogP contribution in [0.1, 0.15) is 60.4 Å². The largest absolute Gasteiger partial charge is 0.345 e. The first-order chi connectivity index (χ1) is 12.8. The molecular weight excluding hydrogens is 328 g/mol. The van der Waals surface area contributed by atoms with Crippen molar-refractivity contribution in [3.63, 3.8) is 0 Å². The zero-order chi connectivity index (χ0) is 17.8. The molecule has 26 heavy (non-hydrogen) atoms. The number of amides is 1. The molecule has 1 N–H and O–H groups in total. The summed E-state index contributed by atoms with van der Waals surface area (Å²) in [4.78, 5) is 22.7. The molecule has 7 nitrogen and oxygen atoms in total. The Morgan fingerprint density at radius 2 is 2.04 bits per heavy atom. The van der Waals surface area contributed by atoms with Crippen LogP contribution in [0.2, 0.25) is 0 Å². The molecule has 3 heterocycles. The highest BCUT2D eigenvalue weighted by molar-refractivity contribution is 5.91. The van der Waals surface area contributed by atoms with Gasteiger partial charge in [0, 0.05) is 38.1 Å². The SMILES string of the molecule is O=C(NCc1cc2n(n1)CCCN(C1CCCCC1)C2)c1cnccn1. The van der Waals surface area contributed by atoms with Crippen LogP contribution in [0.4, 0.5) is 0 Å². The Morgan fingerprint density at radius 1 is 1.15 bits per heavy atom. The number of rotatable bonds is 4. The molecule has 0 unspecified atom stereocenters. The molecule has 2 aromatic rings. The monoisotopic (exact) mass is 354 g/mol. The average Bonchev–Trinajstić information content (AvgIpc) is 2.97. The zero-order valence-electron chi connectivity index (χ0n) is 15.1. The molecule has 1 fully saturated rings. The molecule has 1 amide bonds. The summed E-state index contributed by atoms with van der Waals surface area (Å²) in [6, 6.07) is 2.86. The summed E-state index contributed by atoms with van der Waals surface area (Å²) in [5.41, 5.74) is 2.50. The quantitative estimate of drug-likeness (QED) is 0.910. The van der Waals surface area contributed by atoms with Gasteiger partial charge in [0.25, 0.3) is 5.91 Å². The minimum Gasteiger partial charge on any atom is -0.345 e. The number of carbonyl (C=O) groups excluding carboxylic acids is 1. The van der Waals surface area contributed by atoms with Gasteiger partial charge >= 0.3 is 0 Å². The molecule has 1 saturated carbocycles. The van der Waals surface area contributed by atoms with Crippen molar-refractivity contribution in [2.75, 3.05) is 6.54 Å². The highest BCUT2D eigenvalue weighted by Crippen LogP contribution is 2.25. The van der Waals surface area contributed by atoms with E-state index in [9.17, 15) is 4.79 Å². The molecular formula is C19H26N6O. The highest BCUT2D eigenvalue weighted by Gasteiger charge is 2.24. The van der Waals surface area contributed by atoms with Crippen molar-refractivity contribution >= 4 is 5.91 Å². The second-order valence-corrected chi connectivity index (χ2v) is 7.24. The third-order valence-electron chi connectivity index (χ3n) is 5.41. The highest BCUT2D eigenvalue weighted by atomic mass is 16.1. The van der Waals surface area contributed by atoms with Crippen LogP contribution in [0.3, 0.4) is 0 Å². The third-order valence-corrected chi connectivity index (χ3v) is 5.41. The number of carbonyl (C=O) groups is 1. The van der Waals surface area contributed by atoms with Crippen LogP contribution in [0.5, 0.6) is 0 Å². The van der Waals surface area contributed by atoms with Crippen LogP contribution in [0.15, 0.2) is 24.7 Å². The smallest absolute Gasteiger partial charge is 0.271 e. The molecule has 2 aromatic heterocycles. The lowest BCUT2D eigenvalue weighted by molar-refractivity contribution is 0.0945. The van der Waals surface area contributed by atoms with E-state index in [1.807, 2.05) is 0 Å². The molecule has 0 spiro atoms. The van der Waals surface area contributed by atoms with Crippen molar-refractivity contribution in [2.24, 2.45) is 0 Å².